The molecule has 1 unspecified atom stereocenters. The molecule has 3 aromatic rings. The number of carboxylic acid groups (broad SMARTS) is 1. The number of nitrogens with zero attached hydrogens (tertiary/aromatic N) is 4. The number of nitrogens with one attached hydrogen (secondary N) is 1. The van der Waals surface area contributed by atoms with Crippen molar-refractivity contribution in [2.45, 2.75) is 46.4 Å². The van der Waals surface area contributed by atoms with E-state index in [0.29, 0.717) is 28.8 Å². The average Bonchev–Trinajstić information content (AvgIpc) is 3.26. The predicted octanol–water partition coefficient (Wildman–Crippen LogP) is 2.80. The Morgan fingerprint density at radius 2 is 2.00 bits per heavy atom. The number of carbonyl (C=O) groups is 1. The van der Waals surface area contributed by atoms with Crippen molar-refractivity contribution in [3.8, 4) is 5.75 Å². The van der Waals surface area contributed by atoms with E-state index in [0.717, 1.165) is 15.7 Å². The summed E-state index contributed by atoms with van der Waals surface area (Å²) in [4.78, 5) is 49.8. The van der Waals surface area contributed by atoms with Crippen molar-refractivity contribution in [1.29, 1.82) is 0 Å². The molecule has 1 aliphatic heterocycles. The maximum absolute atomic E-state index is 13.4. The van der Waals surface area contributed by atoms with Crippen LogP contribution in [-0.4, -0.2) is 37.2 Å². The van der Waals surface area contributed by atoms with Gasteiger partial charge in [-0.15, -0.1) is 0 Å². The Labute approximate surface area is 216 Å². The third-order valence-electron chi connectivity index (χ3n) is 5.73. The fourth-order valence-electron chi connectivity index (χ4n) is 3.67. The molecular weight excluding hydrogens is 502 g/mol. The molecule has 0 saturated heterocycles. The highest BCUT2D eigenvalue weighted by atomic mass is 35.5. The van der Waals surface area contributed by atoms with E-state index in [2.05, 4.69) is 15.1 Å². The molecule has 0 amide bonds. The lowest BCUT2D eigenvalue weighted by Crippen LogP contribution is -2.51. The first-order valence-electron chi connectivity index (χ1n) is 11.6. The second-order valence-electron chi connectivity index (χ2n) is 8.87. The zero-order valence-corrected chi connectivity index (χ0v) is 21.2. The average molecular weight is 528 g/mol. The standard InChI is InChI=1S/C25H26ClN5O6/c1-14-10-19(8-9-20(14)36-21-11-16(3)37-29-21)27-23-28-24(34)31(12-15(2)22(32)33)25(35)30(23)13-17-4-6-18(26)7-5-17/h4-10,15-16H,11-13H2,1-3H3,(H,32,33)(H,27,28,34)/t15-,16?/m0/s1. The molecule has 0 spiro atoms. The number of aryl methyl sites for hydroxylation is 1. The van der Waals surface area contributed by atoms with Gasteiger partial charge in [0.15, 0.2) is 0 Å². The summed E-state index contributed by atoms with van der Waals surface area (Å²) in [7, 11) is 0. The Morgan fingerprint density at radius 1 is 1.27 bits per heavy atom. The first-order chi connectivity index (χ1) is 17.6. The van der Waals surface area contributed by atoms with Gasteiger partial charge in [-0.25, -0.2) is 19.1 Å². The summed E-state index contributed by atoms with van der Waals surface area (Å²) < 4.78 is 7.96. The maximum Gasteiger partial charge on any atom is 0.335 e. The second-order valence-corrected chi connectivity index (χ2v) is 9.30. The van der Waals surface area contributed by atoms with E-state index >= 15 is 0 Å². The number of H-pyrrole nitrogens is 1. The zero-order valence-electron chi connectivity index (χ0n) is 20.5. The van der Waals surface area contributed by atoms with Crippen molar-refractivity contribution in [3.05, 3.63) is 85.2 Å². The van der Waals surface area contributed by atoms with Crippen LogP contribution in [0.2, 0.25) is 5.02 Å². The number of oxime groups is 1. The Balaban J connectivity index is 1.76. The highest BCUT2D eigenvalue weighted by Gasteiger charge is 2.19. The lowest BCUT2D eigenvalue weighted by Gasteiger charge is -2.13. The maximum atomic E-state index is 13.4. The van der Waals surface area contributed by atoms with Crippen LogP contribution in [0.15, 0.2) is 62.2 Å². The fourth-order valence-corrected chi connectivity index (χ4v) is 3.79. The van der Waals surface area contributed by atoms with Gasteiger partial charge in [0.25, 0.3) is 0 Å². The predicted molar refractivity (Wildman–Crippen MR) is 136 cm³/mol. The van der Waals surface area contributed by atoms with Crippen LogP contribution in [0.25, 0.3) is 0 Å². The highest BCUT2D eigenvalue weighted by molar-refractivity contribution is 6.30. The molecule has 0 aliphatic carbocycles. The number of aliphatic carboxylic acids is 1. The molecule has 0 saturated carbocycles. The number of aromatic amines is 1. The van der Waals surface area contributed by atoms with Gasteiger partial charge in [-0.3, -0.25) is 14.3 Å². The number of benzene rings is 2. The lowest BCUT2D eigenvalue weighted by atomic mass is 10.2. The van der Waals surface area contributed by atoms with Crippen LogP contribution in [0.5, 0.6) is 5.75 Å². The number of hydrogen-bond donors (Lipinski definition) is 2. The van der Waals surface area contributed by atoms with Crippen LogP contribution >= 0.6 is 11.6 Å². The number of rotatable bonds is 7. The Hall–Kier alpha value is -4.12. The van der Waals surface area contributed by atoms with Gasteiger partial charge in [-0.1, -0.05) is 35.8 Å². The molecule has 2 aromatic carbocycles. The van der Waals surface area contributed by atoms with Crippen LogP contribution in [0.3, 0.4) is 0 Å². The summed E-state index contributed by atoms with van der Waals surface area (Å²) in [5, 5.41) is 13.7. The van der Waals surface area contributed by atoms with Gasteiger partial charge in [-0.05, 0) is 55.3 Å². The van der Waals surface area contributed by atoms with Crippen molar-refractivity contribution in [3.63, 3.8) is 0 Å². The van der Waals surface area contributed by atoms with Crippen molar-refractivity contribution in [1.82, 2.24) is 14.1 Å². The van der Waals surface area contributed by atoms with Crippen LogP contribution in [0.4, 0.5) is 5.69 Å². The van der Waals surface area contributed by atoms with E-state index in [1.165, 1.54) is 11.5 Å². The molecule has 2 atom stereocenters. The lowest BCUT2D eigenvalue weighted by molar-refractivity contribution is -0.141. The molecule has 11 nitrogen and oxygen atoms in total. The van der Waals surface area contributed by atoms with Gasteiger partial charge in [0, 0.05) is 11.6 Å². The monoisotopic (exact) mass is 527 g/mol. The van der Waals surface area contributed by atoms with Crippen molar-refractivity contribution in [2.24, 2.45) is 16.1 Å². The summed E-state index contributed by atoms with van der Waals surface area (Å²) in [5.74, 6) is -1.01. The smallest absolute Gasteiger partial charge is 0.335 e. The van der Waals surface area contributed by atoms with Crippen LogP contribution in [-0.2, 0) is 22.7 Å². The molecule has 4 rings (SSSR count). The highest BCUT2D eigenvalue weighted by Crippen LogP contribution is 2.25. The minimum Gasteiger partial charge on any atom is -0.481 e. The summed E-state index contributed by atoms with van der Waals surface area (Å²) in [6, 6.07) is 12.0. The quantitative estimate of drug-likeness (QED) is 0.484. The second kappa shape index (κ2) is 10.9. The van der Waals surface area contributed by atoms with Crippen molar-refractivity contribution >= 4 is 29.2 Å². The minimum absolute atomic E-state index is 0.0136. The largest absolute Gasteiger partial charge is 0.481 e. The van der Waals surface area contributed by atoms with Gasteiger partial charge >= 0.3 is 17.3 Å². The Bertz CT molecular complexity index is 1540. The number of hydrogen-bond acceptors (Lipinski definition) is 7. The van der Waals surface area contributed by atoms with E-state index in [1.807, 2.05) is 13.8 Å². The van der Waals surface area contributed by atoms with E-state index in [1.54, 1.807) is 42.5 Å². The van der Waals surface area contributed by atoms with Crippen LogP contribution < -0.4 is 21.7 Å². The van der Waals surface area contributed by atoms with Gasteiger partial charge < -0.3 is 14.7 Å². The van der Waals surface area contributed by atoms with E-state index < -0.39 is 23.3 Å². The molecule has 0 radical (unpaired) electrons. The first-order valence-corrected chi connectivity index (χ1v) is 12.0. The van der Waals surface area contributed by atoms with Gasteiger partial charge in [0.2, 0.25) is 11.5 Å². The summed E-state index contributed by atoms with van der Waals surface area (Å²) in [6.45, 7) is 4.94. The summed E-state index contributed by atoms with van der Waals surface area (Å²) in [5.41, 5.74) is 0.545. The van der Waals surface area contributed by atoms with Crippen molar-refractivity contribution in [2.75, 3.05) is 0 Å². The van der Waals surface area contributed by atoms with Gasteiger partial charge in [0.05, 0.1) is 24.6 Å². The van der Waals surface area contributed by atoms with Crippen molar-refractivity contribution < 1.29 is 19.5 Å². The number of ether oxygens (including phenoxy) is 1. The normalized spacial score (nSPS) is 16.3. The zero-order chi connectivity index (χ0) is 26.7. The SMILES string of the molecule is Cc1cc(/N=c2\[nH]c(=O)n(C[C@H](C)C(=O)O)c(=O)n2Cc2ccc(Cl)cc2)ccc1OC1=NOC(C)C1. The molecule has 0 bridgehead atoms. The van der Waals surface area contributed by atoms with Gasteiger partial charge in [0.1, 0.15) is 11.9 Å². The number of aromatic nitrogens is 3. The molecular formula is C25H26ClN5O6. The van der Waals surface area contributed by atoms with Crippen LogP contribution in [0, 0.1) is 12.8 Å². The Morgan fingerprint density at radius 3 is 2.62 bits per heavy atom. The molecule has 194 valence electrons. The van der Waals surface area contributed by atoms with E-state index in [4.69, 9.17) is 21.2 Å². The van der Waals surface area contributed by atoms with Gasteiger partial charge in [-0.2, -0.15) is 0 Å². The van der Waals surface area contributed by atoms with E-state index in [9.17, 15) is 19.5 Å². The third kappa shape index (κ3) is 6.18. The topological polar surface area (TPSA) is 140 Å². The van der Waals surface area contributed by atoms with Crippen LogP contribution in [0.1, 0.15) is 31.4 Å². The number of halogens is 1. The molecule has 12 heteroatoms. The summed E-state index contributed by atoms with van der Waals surface area (Å²) in [6.07, 6.45) is 0.520. The molecule has 1 aliphatic rings. The number of carboxylic acids is 1. The Kier molecular flexibility index (Phi) is 7.63. The summed E-state index contributed by atoms with van der Waals surface area (Å²) >= 11 is 5.99. The molecule has 1 aromatic heterocycles. The first kappa shape index (κ1) is 26.0. The molecule has 2 heterocycles. The molecule has 37 heavy (non-hydrogen) atoms. The third-order valence-corrected chi connectivity index (χ3v) is 5.98. The molecule has 0 fully saturated rings. The minimum atomic E-state index is -1.12. The van der Waals surface area contributed by atoms with E-state index in [-0.39, 0.29) is 24.8 Å². The fraction of sp³-hybridized carbons (Fsp3) is 0.320. The molecule has 2 N–H and O–H groups in total.